The first-order valence-electron chi connectivity index (χ1n) is 5.41. The standard InChI is InChI=1S/C11H17NO.CH4.H2O4S/c1-2-11(13)10(12)8-9-6-4-3-5-7-9;;1-5(2,3)4/h3-7,10-11,13H,2,8,12H2,1H3;1H4;(H2,1,2,3,4)/t10-,11-;;/m1../s1. The van der Waals surface area contributed by atoms with E-state index in [-0.39, 0.29) is 19.6 Å². The molecule has 0 aliphatic heterocycles. The van der Waals surface area contributed by atoms with Gasteiger partial charge in [-0.15, -0.1) is 0 Å². The molecular formula is C12H23NO5S. The summed E-state index contributed by atoms with van der Waals surface area (Å²) in [5.74, 6) is 0. The second-order valence-corrected chi connectivity index (χ2v) is 4.67. The van der Waals surface area contributed by atoms with Crippen molar-refractivity contribution in [2.24, 2.45) is 5.73 Å². The average Bonchev–Trinajstić information content (AvgIpc) is 2.27. The first-order valence-corrected chi connectivity index (χ1v) is 6.81. The molecule has 0 fully saturated rings. The summed E-state index contributed by atoms with van der Waals surface area (Å²) < 4.78 is 31.6. The fraction of sp³-hybridized carbons (Fsp3) is 0.500. The zero-order valence-corrected chi connectivity index (χ0v) is 10.9. The van der Waals surface area contributed by atoms with Crippen LogP contribution in [0.4, 0.5) is 0 Å². The molecule has 2 atom stereocenters. The van der Waals surface area contributed by atoms with Gasteiger partial charge in [0, 0.05) is 6.04 Å². The van der Waals surface area contributed by atoms with E-state index in [9.17, 15) is 5.11 Å². The van der Waals surface area contributed by atoms with Crippen molar-refractivity contribution in [3.8, 4) is 0 Å². The maximum Gasteiger partial charge on any atom is 0.394 e. The number of hydrogen-bond acceptors (Lipinski definition) is 4. The van der Waals surface area contributed by atoms with Crippen LogP contribution in [0.5, 0.6) is 0 Å². The third-order valence-corrected chi connectivity index (χ3v) is 2.23. The van der Waals surface area contributed by atoms with Crippen LogP contribution in [0.3, 0.4) is 0 Å². The van der Waals surface area contributed by atoms with Gasteiger partial charge in [-0.25, -0.2) is 0 Å². The molecule has 0 aromatic heterocycles. The summed E-state index contributed by atoms with van der Waals surface area (Å²) in [5, 5.41) is 9.46. The minimum atomic E-state index is -4.67. The zero-order valence-electron chi connectivity index (χ0n) is 10.1. The molecule has 1 aromatic rings. The molecule has 0 radical (unpaired) electrons. The summed E-state index contributed by atoms with van der Waals surface area (Å²) in [7, 11) is -4.67. The summed E-state index contributed by atoms with van der Waals surface area (Å²) in [5.41, 5.74) is 6.99. The van der Waals surface area contributed by atoms with Gasteiger partial charge in [0.2, 0.25) is 0 Å². The molecule has 5 N–H and O–H groups in total. The van der Waals surface area contributed by atoms with Crippen molar-refractivity contribution in [2.45, 2.75) is 39.3 Å². The van der Waals surface area contributed by atoms with E-state index in [0.29, 0.717) is 6.42 Å². The van der Waals surface area contributed by atoms with Crippen LogP contribution in [0, 0.1) is 0 Å². The molecule has 0 unspecified atom stereocenters. The minimum absolute atomic E-state index is 0. The lowest BCUT2D eigenvalue weighted by Gasteiger charge is -2.16. The topological polar surface area (TPSA) is 121 Å². The Balaban J connectivity index is 0. The molecular weight excluding hydrogens is 270 g/mol. The number of benzene rings is 1. The summed E-state index contributed by atoms with van der Waals surface area (Å²) in [4.78, 5) is 0. The van der Waals surface area contributed by atoms with Crippen molar-refractivity contribution in [3.63, 3.8) is 0 Å². The molecule has 112 valence electrons. The van der Waals surface area contributed by atoms with Gasteiger partial charge in [-0.3, -0.25) is 9.11 Å². The van der Waals surface area contributed by atoms with E-state index in [0.717, 1.165) is 6.42 Å². The Morgan fingerprint density at radius 2 is 1.63 bits per heavy atom. The van der Waals surface area contributed by atoms with Crippen molar-refractivity contribution in [2.75, 3.05) is 0 Å². The number of nitrogens with two attached hydrogens (primary N) is 1. The quantitative estimate of drug-likeness (QED) is 0.621. The van der Waals surface area contributed by atoms with Crippen LogP contribution in [-0.4, -0.2) is 34.8 Å². The first kappa shape index (κ1) is 20.3. The van der Waals surface area contributed by atoms with Crippen LogP contribution >= 0.6 is 0 Å². The van der Waals surface area contributed by atoms with E-state index in [4.69, 9.17) is 23.3 Å². The predicted molar refractivity (Wildman–Crippen MR) is 75.3 cm³/mol. The van der Waals surface area contributed by atoms with E-state index in [1.54, 1.807) is 0 Å². The van der Waals surface area contributed by atoms with Crippen LogP contribution in [-0.2, 0) is 16.8 Å². The van der Waals surface area contributed by atoms with Gasteiger partial charge < -0.3 is 10.8 Å². The van der Waals surface area contributed by atoms with Gasteiger partial charge in [0.25, 0.3) is 0 Å². The maximum absolute atomic E-state index is 9.46. The molecule has 0 spiro atoms. The van der Waals surface area contributed by atoms with Crippen molar-refractivity contribution in [3.05, 3.63) is 35.9 Å². The molecule has 0 aliphatic carbocycles. The molecule has 0 heterocycles. The molecule has 6 nitrogen and oxygen atoms in total. The van der Waals surface area contributed by atoms with Gasteiger partial charge in [0.1, 0.15) is 0 Å². The normalized spacial score (nSPS) is 13.5. The Morgan fingerprint density at radius 3 is 2.00 bits per heavy atom. The molecule has 1 rings (SSSR count). The molecule has 0 saturated carbocycles. The van der Waals surface area contributed by atoms with E-state index >= 15 is 0 Å². The zero-order chi connectivity index (χ0) is 14.2. The highest BCUT2D eigenvalue weighted by molar-refractivity contribution is 7.79. The Bertz CT molecular complexity index is 413. The predicted octanol–water partition coefficient (Wildman–Crippen LogP) is 1.31. The van der Waals surface area contributed by atoms with Crippen LogP contribution in [0.2, 0.25) is 0 Å². The van der Waals surface area contributed by atoms with Gasteiger partial charge in [-0.1, -0.05) is 44.7 Å². The molecule has 0 bridgehead atoms. The Hall–Kier alpha value is -0.990. The van der Waals surface area contributed by atoms with Gasteiger partial charge in [0.05, 0.1) is 6.10 Å². The van der Waals surface area contributed by atoms with Crippen LogP contribution in [0.15, 0.2) is 30.3 Å². The fourth-order valence-corrected chi connectivity index (χ4v) is 1.33. The fourth-order valence-electron chi connectivity index (χ4n) is 1.33. The van der Waals surface area contributed by atoms with Crippen molar-refractivity contribution in [1.82, 2.24) is 0 Å². The maximum atomic E-state index is 9.46. The number of hydrogen-bond donors (Lipinski definition) is 4. The first-order chi connectivity index (χ1) is 8.24. The number of rotatable bonds is 4. The van der Waals surface area contributed by atoms with Crippen LogP contribution in [0.25, 0.3) is 0 Å². The highest BCUT2D eigenvalue weighted by atomic mass is 32.3. The monoisotopic (exact) mass is 293 g/mol. The lowest BCUT2D eigenvalue weighted by molar-refractivity contribution is 0.140. The van der Waals surface area contributed by atoms with E-state index in [2.05, 4.69) is 0 Å². The van der Waals surface area contributed by atoms with E-state index in [1.165, 1.54) is 5.56 Å². The number of aliphatic hydroxyl groups is 1. The third-order valence-electron chi connectivity index (χ3n) is 2.23. The largest absolute Gasteiger partial charge is 0.394 e. The second kappa shape index (κ2) is 9.88. The Morgan fingerprint density at radius 1 is 1.21 bits per heavy atom. The number of aliphatic hydroxyl groups excluding tert-OH is 1. The molecule has 7 heteroatoms. The average molecular weight is 293 g/mol. The summed E-state index contributed by atoms with van der Waals surface area (Å²) >= 11 is 0. The lowest BCUT2D eigenvalue weighted by Crippen LogP contribution is -2.36. The summed E-state index contributed by atoms with van der Waals surface area (Å²) in [6.45, 7) is 1.94. The van der Waals surface area contributed by atoms with Gasteiger partial charge in [-0.2, -0.15) is 8.42 Å². The molecule has 0 aliphatic rings. The summed E-state index contributed by atoms with van der Waals surface area (Å²) in [6.07, 6.45) is 1.07. The van der Waals surface area contributed by atoms with Crippen LogP contribution in [0.1, 0.15) is 26.3 Å². The van der Waals surface area contributed by atoms with Crippen molar-refractivity contribution < 1.29 is 22.6 Å². The van der Waals surface area contributed by atoms with Gasteiger partial charge in [-0.05, 0) is 18.4 Å². The third kappa shape index (κ3) is 13.2. The Kier molecular flexibility index (Phi) is 10.6. The molecule has 19 heavy (non-hydrogen) atoms. The SMILES string of the molecule is C.CC[C@@H](O)[C@H](N)Cc1ccccc1.O=S(=O)(O)O. The molecule has 1 aromatic carbocycles. The smallest absolute Gasteiger partial charge is 0.392 e. The van der Waals surface area contributed by atoms with Crippen LogP contribution < -0.4 is 5.73 Å². The van der Waals surface area contributed by atoms with Gasteiger partial charge >= 0.3 is 10.4 Å². The van der Waals surface area contributed by atoms with Crippen molar-refractivity contribution >= 4 is 10.4 Å². The van der Waals surface area contributed by atoms with E-state index < -0.39 is 10.4 Å². The highest BCUT2D eigenvalue weighted by Crippen LogP contribution is 2.05. The van der Waals surface area contributed by atoms with E-state index in [1.807, 2.05) is 37.3 Å². The minimum Gasteiger partial charge on any atom is -0.392 e. The lowest BCUT2D eigenvalue weighted by atomic mass is 10.0. The van der Waals surface area contributed by atoms with Crippen molar-refractivity contribution in [1.29, 1.82) is 0 Å². The highest BCUT2D eigenvalue weighted by Gasteiger charge is 2.12. The van der Waals surface area contributed by atoms with Gasteiger partial charge in [0.15, 0.2) is 0 Å². The Labute approximate surface area is 114 Å². The summed E-state index contributed by atoms with van der Waals surface area (Å²) in [6, 6.07) is 9.86. The molecule has 0 amide bonds. The second-order valence-electron chi connectivity index (χ2n) is 3.78. The molecule has 0 saturated heterocycles.